The topological polar surface area (TPSA) is 90.5 Å². The number of hydrogen-bond acceptors (Lipinski definition) is 4. The van der Waals surface area contributed by atoms with Crippen LogP contribution in [0.15, 0.2) is 0 Å². The first-order valence-electron chi connectivity index (χ1n) is 7.65. The van der Waals surface area contributed by atoms with Gasteiger partial charge in [0.15, 0.2) is 0 Å². The SMILES string of the molecule is CNC(=O)CNC(=O)[C@@H](NC(=O)[C@H]1CCCN1C)C(C)(C)C. The third kappa shape index (κ3) is 4.98. The van der Waals surface area contributed by atoms with Crippen molar-refractivity contribution in [3.05, 3.63) is 0 Å². The van der Waals surface area contributed by atoms with Gasteiger partial charge in [-0.1, -0.05) is 20.8 Å². The van der Waals surface area contributed by atoms with Crippen LogP contribution in [0.1, 0.15) is 33.6 Å². The Morgan fingerprint density at radius 2 is 1.91 bits per heavy atom. The lowest BCUT2D eigenvalue weighted by Gasteiger charge is -2.32. The van der Waals surface area contributed by atoms with Crippen LogP contribution in [-0.4, -0.2) is 61.9 Å². The van der Waals surface area contributed by atoms with E-state index in [0.717, 1.165) is 19.4 Å². The summed E-state index contributed by atoms with van der Waals surface area (Å²) in [7, 11) is 3.42. The van der Waals surface area contributed by atoms with Gasteiger partial charge in [-0.15, -0.1) is 0 Å². The van der Waals surface area contributed by atoms with Crippen LogP contribution in [0.2, 0.25) is 0 Å². The molecule has 0 aromatic heterocycles. The van der Waals surface area contributed by atoms with E-state index in [1.54, 1.807) is 0 Å². The first-order chi connectivity index (χ1) is 10.2. The summed E-state index contributed by atoms with van der Waals surface area (Å²) in [4.78, 5) is 38.0. The van der Waals surface area contributed by atoms with Gasteiger partial charge >= 0.3 is 0 Å². The first-order valence-corrected chi connectivity index (χ1v) is 7.65. The molecule has 7 nitrogen and oxygen atoms in total. The molecular formula is C15H28N4O3. The highest BCUT2D eigenvalue weighted by atomic mass is 16.2. The van der Waals surface area contributed by atoms with E-state index in [2.05, 4.69) is 16.0 Å². The van der Waals surface area contributed by atoms with Gasteiger partial charge in [-0.25, -0.2) is 0 Å². The zero-order valence-electron chi connectivity index (χ0n) is 14.2. The lowest BCUT2D eigenvalue weighted by atomic mass is 9.86. The predicted octanol–water partition coefficient (Wildman–Crippen LogP) is -0.526. The molecule has 0 saturated carbocycles. The van der Waals surface area contributed by atoms with Crippen LogP contribution in [0.25, 0.3) is 0 Å². The van der Waals surface area contributed by atoms with Crippen molar-refractivity contribution in [1.82, 2.24) is 20.9 Å². The average Bonchev–Trinajstić information content (AvgIpc) is 2.86. The van der Waals surface area contributed by atoms with E-state index in [1.165, 1.54) is 7.05 Å². The van der Waals surface area contributed by atoms with Crippen molar-refractivity contribution in [2.45, 2.75) is 45.7 Å². The van der Waals surface area contributed by atoms with E-state index in [-0.39, 0.29) is 30.3 Å². The third-order valence-electron chi connectivity index (χ3n) is 3.94. The summed E-state index contributed by atoms with van der Waals surface area (Å²) < 4.78 is 0. The van der Waals surface area contributed by atoms with E-state index in [9.17, 15) is 14.4 Å². The van der Waals surface area contributed by atoms with Gasteiger partial charge in [-0.2, -0.15) is 0 Å². The second kappa shape index (κ2) is 7.58. The molecular weight excluding hydrogens is 284 g/mol. The van der Waals surface area contributed by atoms with Crippen LogP contribution in [0.4, 0.5) is 0 Å². The predicted molar refractivity (Wildman–Crippen MR) is 84.1 cm³/mol. The molecule has 1 fully saturated rings. The highest BCUT2D eigenvalue weighted by Crippen LogP contribution is 2.21. The molecule has 0 aromatic carbocycles. The summed E-state index contributed by atoms with van der Waals surface area (Å²) in [5.74, 6) is -0.747. The van der Waals surface area contributed by atoms with Crippen LogP contribution < -0.4 is 16.0 Å². The van der Waals surface area contributed by atoms with E-state index < -0.39 is 11.5 Å². The molecule has 126 valence electrons. The Bertz CT molecular complexity index is 431. The van der Waals surface area contributed by atoms with Crippen LogP contribution >= 0.6 is 0 Å². The van der Waals surface area contributed by atoms with Gasteiger partial charge < -0.3 is 16.0 Å². The Balaban J connectivity index is 2.70. The van der Waals surface area contributed by atoms with E-state index >= 15 is 0 Å². The van der Waals surface area contributed by atoms with Gasteiger partial charge in [0.05, 0.1) is 12.6 Å². The molecule has 0 bridgehead atoms. The van der Waals surface area contributed by atoms with Crippen LogP contribution in [-0.2, 0) is 14.4 Å². The van der Waals surface area contributed by atoms with Gasteiger partial charge in [-0.05, 0) is 31.8 Å². The number of nitrogens with zero attached hydrogens (tertiary/aromatic N) is 1. The third-order valence-corrected chi connectivity index (χ3v) is 3.94. The van der Waals surface area contributed by atoms with E-state index in [0.29, 0.717) is 0 Å². The van der Waals surface area contributed by atoms with Crippen molar-refractivity contribution in [3.8, 4) is 0 Å². The summed E-state index contributed by atoms with van der Waals surface area (Å²) in [6, 6.07) is -0.866. The van der Waals surface area contributed by atoms with Crippen molar-refractivity contribution in [2.75, 3.05) is 27.2 Å². The molecule has 3 N–H and O–H groups in total. The zero-order chi connectivity index (χ0) is 16.9. The van der Waals surface area contributed by atoms with Gasteiger partial charge in [0, 0.05) is 7.05 Å². The molecule has 0 aliphatic carbocycles. The van der Waals surface area contributed by atoms with Crippen LogP contribution in [0.3, 0.4) is 0 Å². The molecule has 2 atom stereocenters. The van der Waals surface area contributed by atoms with Crippen molar-refractivity contribution < 1.29 is 14.4 Å². The molecule has 7 heteroatoms. The van der Waals surface area contributed by atoms with Crippen LogP contribution in [0.5, 0.6) is 0 Å². The fourth-order valence-corrected chi connectivity index (χ4v) is 2.51. The second-order valence-corrected chi connectivity index (χ2v) is 6.84. The van der Waals surface area contributed by atoms with E-state index in [1.807, 2.05) is 32.7 Å². The summed E-state index contributed by atoms with van der Waals surface area (Å²) >= 11 is 0. The van der Waals surface area contributed by atoms with Crippen molar-refractivity contribution in [2.24, 2.45) is 5.41 Å². The first kappa shape index (κ1) is 18.4. The number of amides is 3. The Kier molecular flexibility index (Phi) is 6.34. The summed E-state index contributed by atoms with van der Waals surface area (Å²) in [6.45, 7) is 6.45. The lowest BCUT2D eigenvalue weighted by molar-refractivity contribution is -0.134. The number of likely N-dealkylation sites (tertiary alicyclic amines) is 1. The van der Waals surface area contributed by atoms with Crippen LogP contribution in [0, 0.1) is 5.41 Å². The Hall–Kier alpha value is -1.63. The molecule has 0 radical (unpaired) electrons. The van der Waals surface area contributed by atoms with Crippen molar-refractivity contribution in [1.29, 1.82) is 0 Å². The fourth-order valence-electron chi connectivity index (χ4n) is 2.51. The largest absolute Gasteiger partial charge is 0.358 e. The Morgan fingerprint density at radius 3 is 2.36 bits per heavy atom. The monoisotopic (exact) mass is 312 g/mol. The molecule has 1 rings (SSSR count). The highest BCUT2D eigenvalue weighted by Gasteiger charge is 2.36. The molecule has 1 aliphatic rings. The lowest BCUT2D eigenvalue weighted by Crippen LogP contribution is -2.57. The highest BCUT2D eigenvalue weighted by molar-refractivity contribution is 5.92. The smallest absolute Gasteiger partial charge is 0.243 e. The minimum absolute atomic E-state index is 0.0961. The van der Waals surface area contributed by atoms with Gasteiger partial charge in [-0.3, -0.25) is 19.3 Å². The quantitative estimate of drug-likeness (QED) is 0.637. The maximum absolute atomic E-state index is 12.4. The van der Waals surface area contributed by atoms with Gasteiger partial charge in [0.1, 0.15) is 6.04 Å². The molecule has 0 spiro atoms. The normalized spacial score (nSPS) is 20.3. The molecule has 1 aliphatic heterocycles. The Morgan fingerprint density at radius 1 is 1.27 bits per heavy atom. The molecule has 0 aromatic rings. The average molecular weight is 312 g/mol. The number of rotatable bonds is 5. The summed E-state index contributed by atoms with van der Waals surface area (Å²) in [5, 5.41) is 7.86. The fraction of sp³-hybridized carbons (Fsp3) is 0.800. The minimum atomic E-state index is -0.682. The molecule has 1 heterocycles. The van der Waals surface area contributed by atoms with Crippen molar-refractivity contribution in [3.63, 3.8) is 0 Å². The Labute approximate surface area is 132 Å². The minimum Gasteiger partial charge on any atom is -0.358 e. The molecule has 22 heavy (non-hydrogen) atoms. The molecule has 1 saturated heterocycles. The van der Waals surface area contributed by atoms with Gasteiger partial charge in [0.2, 0.25) is 17.7 Å². The van der Waals surface area contributed by atoms with Gasteiger partial charge in [0.25, 0.3) is 0 Å². The number of nitrogens with one attached hydrogen (secondary N) is 3. The number of carbonyl (C=O) groups excluding carboxylic acids is 3. The zero-order valence-corrected chi connectivity index (χ0v) is 14.2. The van der Waals surface area contributed by atoms with E-state index in [4.69, 9.17) is 0 Å². The summed E-state index contributed by atoms with van der Waals surface area (Å²) in [5.41, 5.74) is -0.445. The number of hydrogen-bond donors (Lipinski definition) is 3. The standard InChI is InChI=1S/C15H28N4O3/c1-15(2,3)12(14(22)17-9-11(20)16-4)18-13(21)10-7-6-8-19(10)5/h10,12H,6-9H2,1-5H3,(H,16,20)(H,17,22)(H,18,21)/t10-,12-/m1/s1. The molecule has 3 amide bonds. The summed E-state index contributed by atoms with van der Waals surface area (Å²) in [6.07, 6.45) is 1.79. The number of likely N-dealkylation sites (N-methyl/N-ethyl adjacent to an activating group) is 2. The maximum atomic E-state index is 12.4. The maximum Gasteiger partial charge on any atom is 0.243 e. The molecule has 0 unspecified atom stereocenters. The number of carbonyl (C=O) groups is 3. The van der Waals surface area contributed by atoms with Crippen molar-refractivity contribution >= 4 is 17.7 Å². The second-order valence-electron chi connectivity index (χ2n) is 6.84.